The number of halogens is 3. The van der Waals surface area contributed by atoms with Crippen molar-refractivity contribution in [1.82, 2.24) is 10.3 Å². The molecule has 0 fully saturated rings. The molecule has 0 radical (unpaired) electrons. The Kier molecular flexibility index (Phi) is 4.96. The highest BCUT2D eigenvalue weighted by atomic mass is 19.4. The van der Waals surface area contributed by atoms with Gasteiger partial charge in [-0.3, -0.25) is 4.98 Å². The zero-order valence-corrected chi connectivity index (χ0v) is 11.8. The molecule has 1 N–H and O–H groups in total. The molecule has 5 heteroatoms. The van der Waals surface area contributed by atoms with Gasteiger partial charge >= 0.3 is 6.18 Å². The number of hydrogen-bond acceptors (Lipinski definition) is 2. The van der Waals surface area contributed by atoms with Crippen molar-refractivity contribution in [2.75, 3.05) is 6.54 Å². The highest BCUT2D eigenvalue weighted by molar-refractivity contribution is 5.20. The van der Waals surface area contributed by atoms with Crippen LogP contribution in [0.2, 0.25) is 0 Å². The van der Waals surface area contributed by atoms with Crippen molar-refractivity contribution in [3.8, 4) is 0 Å². The van der Waals surface area contributed by atoms with E-state index >= 15 is 0 Å². The van der Waals surface area contributed by atoms with E-state index in [-0.39, 0.29) is 11.5 Å². The average molecular weight is 274 g/mol. The zero-order valence-electron chi connectivity index (χ0n) is 11.8. The van der Waals surface area contributed by atoms with Gasteiger partial charge in [-0.15, -0.1) is 0 Å². The van der Waals surface area contributed by atoms with Gasteiger partial charge in [0, 0.05) is 6.20 Å². The topological polar surface area (TPSA) is 24.9 Å². The van der Waals surface area contributed by atoms with Crippen LogP contribution in [-0.2, 0) is 6.18 Å². The van der Waals surface area contributed by atoms with E-state index in [0.717, 1.165) is 25.2 Å². The zero-order chi connectivity index (χ0) is 14.7. The van der Waals surface area contributed by atoms with E-state index in [1.807, 2.05) is 27.7 Å². The summed E-state index contributed by atoms with van der Waals surface area (Å²) in [5.41, 5.74) is -0.171. The van der Waals surface area contributed by atoms with Gasteiger partial charge in [0.15, 0.2) is 0 Å². The van der Waals surface area contributed by atoms with Crippen molar-refractivity contribution in [3.05, 3.63) is 29.6 Å². The monoisotopic (exact) mass is 274 g/mol. The lowest BCUT2D eigenvalue weighted by Crippen LogP contribution is -2.33. The third kappa shape index (κ3) is 4.49. The van der Waals surface area contributed by atoms with E-state index in [2.05, 4.69) is 10.3 Å². The summed E-state index contributed by atoms with van der Waals surface area (Å²) in [5, 5.41) is 3.34. The number of nitrogens with zero attached hydrogens (tertiary/aromatic N) is 1. The molecule has 19 heavy (non-hydrogen) atoms. The SMILES string of the molecule is CCCNC(c1ccc(C(F)(F)F)cn1)C(C)(C)C. The van der Waals surface area contributed by atoms with Crippen molar-refractivity contribution in [2.24, 2.45) is 5.41 Å². The van der Waals surface area contributed by atoms with Crippen LogP contribution < -0.4 is 5.32 Å². The number of pyridine rings is 1. The van der Waals surface area contributed by atoms with Crippen LogP contribution in [0.15, 0.2) is 18.3 Å². The van der Waals surface area contributed by atoms with Crippen molar-refractivity contribution < 1.29 is 13.2 Å². The van der Waals surface area contributed by atoms with Crippen LogP contribution in [0.5, 0.6) is 0 Å². The molecule has 1 heterocycles. The first-order valence-electron chi connectivity index (χ1n) is 6.42. The van der Waals surface area contributed by atoms with Gasteiger partial charge in [0.25, 0.3) is 0 Å². The third-order valence-electron chi connectivity index (χ3n) is 2.87. The summed E-state index contributed by atoms with van der Waals surface area (Å²) in [7, 11) is 0. The molecule has 0 saturated carbocycles. The normalized spacial score (nSPS) is 14.5. The molecule has 108 valence electrons. The number of nitrogens with one attached hydrogen (secondary N) is 1. The molecule has 0 aliphatic carbocycles. The van der Waals surface area contributed by atoms with E-state index in [9.17, 15) is 13.2 Å². The minimum Gasteiger partial charge on any atom is -0.308 e. The maximum absolute atomic E-state index is 12.5. The second-order valence-electron chi connectivity index (χ2n) is 5.72. The van der Waals surface area contributed by atoms with Crippen molar-refractivity contribution in [2.45, 2.75) is 46.3 Å². The predicted octanol–water partition coefficient (Wildman–Crippen LogP) is 4.19. The van der Waals surface area contributed by atoms with Crippen LogP contribution in [0.4, 0.5) is 13.2 Å². The fourth-order valence-corrected chi connectivity index (χ4v) is 1.89. The minimum atomic E-state index is -4.33. The summed E-state index contributed by atoms with van der Waals surface area (Å²) in [6.07, 6.45) is -2.46. The molecule has 0 amide bonds. The van der Waals surface area contributed by atoms with E-state index in [1.54, 1.807) is 0 Å². The van der Waals surface area contributed by atoms with Crippen LogP contribution in [0.3, 0.4) is 0 Å². The number of hydrogen-bond donors (Lipinski definition) is 1. The minimum absolute atomic E-state index is 0.0604. The molecular weight excluding hydrogens is 253 g/mol. The Morgan fingerprint density at radius 1 is 1.21 bits per heavy atom. The Bertz CT molecular complexity index is 391. The molecule has 0 aliphatic heterocycles. The standard InChI is InChI=1S/C14H21F3N2/c1-5-8-18-12(13(2,3)4)11-7-6-10(9-19-11)14(15,16)17/h6-7,9,12,18H,5,8H2,1-4H3. The molecule has 1 atom stereocenters. The smallest absolute Gasteiger partial charge is 0.308 e. The molecule has 1 unspecified atom stereocenters. The average Bonchev–Trinajstić information content (AvgIpc) is 2.27. The highest BCUT2D eigenvalue weighted by Gasteiger charge is 2.32. The number of aromatic nitrogens is 1. The van der Waals surface area contributed by atoms with Gasteiger partial charge in [-0.2, -0.15) is 13.2 Å². The van der Waals surface area contributed by atoms with Crippen molar-refractivity contribution in [1.29, 1.82) is 0 Å². The van der Waals surface area contributed by atoms with Gasteiger partial charge in [0.05, 0.1) is 17.3 Å². The first-order chi connectivity index (χ1) is 8.66. The molecule has 0 spiro atoms. The van der Waals surface area contributed by atoms with Gasteiger partial charge in [-0.25, -0.2) is 0 Å². The molecule has 0 saturated heterocycles. The lowest BCUT2D eigenvalue weighted by atomic mass is 9.84. The Morgan fingerprint density at radius 2 is 1.84 bits per heavy atom. The summed E-state index contributed by atoms with van der Waals surface area (Å²) >= 11 is 0. The van der Waals surface area contributed by atoms with Crippen molar-refractivity contribution in [3.63, 3.8) is 0 Å². The number of alkyl halides is 3. The van der Waals surface area contributed by atoms with Gasteiger partial charge in [0.1, 0.15) is 0 Å². The van der Waals surface area contributed by atoms with Crippen LogP contribution >= 0.6 is 0 Å². The molecule has 1 aromatic heterocycles. The van der Waals surface area contributed by atoms with Crippen LogP contribution in [-0.4, -0.2) is 11.5 Å². The Labute approximate surface area is 112 Å². The second kappa shape index (κ2) is 5.90. The van der Waals surface area contributed by atoms with Crippen molar-refractivity contribution >= 4 is 0 Å². The Hall–Kier alpha value is -1.10. The lowest BCUT2D eigenvalue weighted by molar-refractivity contribution is -0.137. The van der Waals surface area contributed by atoms with Crippen LogP contribution in [0.1, 0.15) is 51.4 Å². The maximum Gasteiger partial charge on any atom is 0.417 e. The summed E-state index contributed by atoms with van der Waals surface area (Å²) in [4.78, 5) is 3.98. The predicted molar refractivity (Wildman–Crippen MR) is 69.7 cm³/mol. The van der Waals surface area contributed by atoms with Crippen LogP contribution in [0.25, 0.3) is 0 Å². The number of rotatable bonds is 4. The van der Waals surface area contributed by atoms with Gasteiger partial charge in [-0.1, -0.05) is 27.7 Å². The van der Waals surface area contributed by atoms with Gasteiger partial charge in [0.2, 0.25) is 0 Å². The quantitative estimate of drug-likeness (QED) is 0.890. The summed E-state index contributed by atoms with van der Waals surface area (Å²) in [6.45, 7) is 8.98. The van der Waals surface area contributed by atoms with Gasteiger partial charge in [-0.05, 0) is 30.5 Å². The summed E-state index contributed by atoms with van der Waals surface area (Å²) in [6, 6.07) is 2.49. The fourth-order valence-electron chi connectivity index (χ4n) is 1.89. The van der Waals surface area contributed by atoms with Gasteiger partial charge < -0.3 is 5.32 Å². The largest absolute Gasteiger partial charge is 0.417 e. The molecule has 1 rings (SSSR count). The molecule has 0 bridgehead atoms. The third-order valence-corrected chi connectivity index (χ3v) is 2.87. The van der Waals surface area contributed by atoms with E-state index < -0.39 is 11.7 Å². The molecule has 0 aromatic carbocycles. The maximum atomic E-state index is 12.5. The highest BCUT2D eigenvalue weighted by Crippen LogP contribution is 2.33. The summed E-state index contributed by atoms with van der Waals surface area (Å²) in [5.74, 6) is 0. The Morgan fingerprint density at radius 3 is 2.21 bits per heavy atom. The first-order valence-corrected chi connectivity index (χ1v) is 6.42. The molecular formula is C14H21F3N2. The molecule has 2 nitrogen and oxygen atoms in total. The summed E-state index contributed by atoms with van der Waals surface area (Å²) < 4.78 is 37.5. The Balaban J connectivity index is 2.98. The molecule has 1 aromatic rings. The van der Waals surface area contributed by atoms with E-state index in [1.165, 1.54) is 6.07 Å². The lowest BCUT2D eigenvalue weighted by Gasteiger charge is -2.31. The first kappa shape index (κ1) is 16.0. The van der Waals surface area contributed by atoms with E-state index in [4.69, 9.17) is 0 Å². The second-order valence-corrected chi connectivity index (χ2v) is 5.72. The fraction of sp³-hybridized carbons (Fsp3) is 0.643. The molecule has 0 aliphatic rings. The van der Waals surface area contributed by atoms with E-state index in [0.29, 0.717) is 5.69 Å². The van der Waals surface area contributed by atoms with Crippen LogP contribution in [0, 0.1) is 5.41 Å².